The highest BCUT2D eigenvalue weighted by atomic mass is 35.5. The molecule has 0 spiro atoms. The molecule has 1 atom stereocenters. The molecule has 2 aromatic rings. The molecule has 1 unspecified atom stereocenters. The number of hydrogen-bond acceptors (Lipinski definition) is 3. The van der Waals surface area contributed by atoms with Crippen molar-refractivity contribution in [1.82, 2.24) is 0 Å². The summed E-state index contributed by atoms with van der Waals surface area (Å²) in [5.41, 5.74) is 0.425. The molecule has 0 saturated carbocycles. The Hall–Kier alpha value is -0.870. The minimum atomic E-state index is -1.03. The lowest BCUT2D eigenvalue weighted by molar-refractivity contribution is 0.189. The second-order valence-corrected chi connectivity index (χ2v) is 4.74. The number of aliphatic hydroxyl groups excluding tert-OH is 1. The molecule has 0 bridgehead atoms. The van der Waals surface area contributed by atoms with Crippen molar-refractivity contribution in [1.29, 1.82) is 0 Å². The zero-order valence-corrected chi connectivity index (χ0v) is 11.6. The quantitative estimate of drug-likeness (QED) is 0.917. The van der Waals surface area contributed by atoms with E-state index in [1.165, 1.54) is 19.2 Å². The van der Waals surface area contributed by atoms with Crippen molar-refractivity contribution in [2.75, 3.05) is 7.11 Å². The van der Waals surface area contributed by atoms with Gasteiger partial charge in [-0.25, -0.2) is 0 Å². The van der Waals surface area contributed by atoms with E-state index in [4.69, 9.17) is 44.0 Å². The zero-order chi connectivity index (χ0) is 13.3. The van der Waals surface area contributed by atoms with E-state index in [1.54, 1.807) is 12.1 Å². The van der Waals surface area contributed by atoms with E-state index in [2.05, 4.69) is 0 Å². The summed E-state index contributed by atoms with van der Waals surface area (Å²) in [4.78, 5) is 0. The summed E-state index contributed by atoms with van der Waals surface area (Å²) >= 11 is 17.7. The van der Waals surface area contributed by atoms with Gasteiger partial charge in [0.1, 0.15) is 17.6 Å². The normalized spacial score (nSPS) is 12.5. The van der Waals surface area contributed by atoms with Gasteiger partial charge in [0, 0.05) is 11.6 Å². The molecule has 1 aromatic heterocycles. The molecule has 2 rings (SSSR count). The maximum atomic E-state index is 10.1. The summed E-state index contributed by atoms with van der Waals surface area (Å²) < 4.78 is 10.2. The molecule has 1 heterocycles. The third-order valence-corrected chi connectivity index (χ3v) is 3.26. The first-order valence-corrected chi connectivity index (χ1v) is 6.12. The lowest BCUT2D eigenvalue weighted by Gasteiger charge is -2.12. The summed E-state index contributed by atoms with van der Waals surface area (Å²) in [6, 6.07) is 6.18. The Kier molecular flexibility index (Phi) is 4.07. The molecule has 1 N–H and O–H groups in total. The number of hydrogen-bond donors (Lipinski definition) is 1. The van der Waals surface area contributed by atoms with Gasteiger partial charge in [0.15, 0.2) is 5.22 Å². The highest BCUT2D eigenvalue weighted by Crippen LogP contribution is 2.36. The summed E-state index contributed by atoms with van der Waals surface area (Å²) in [7, 11) is 1.49. The maximum absolute atomic E-state index is 10.1. The first-order chi connectivity index (χ1) is 8.52. The molecule has 0 radical (unpaired) electrons. The van der Waals surface area contributed by atoms with E-state index in [9.17, 15) is 5.11 Å². The van der Waals surface area contributed by atoms with Crippen LogP contribution in [0.4, 0.5) is 0 Å². The van der Waals surface area contributed by atoms with Gasteiger partial charge in [-0.05, 0) is 29.8 Å². The van der Waals surface area contributed by atoms with E-state index in [0.29, 0.717) is 27.1 Å². The minimum Gasteiger partial charge on any atom is -0.495 e. The highest BCUT2D eigenvalue weighted by molar-refractivity contribution is 6.34. The van der Waals surface area contributed by atoms with Gasteiger partial charge in [-0.3, -0.25) is 0 Å². The predicted molar refractivity (Wildman–Crippen MR) is 70.8 cm³/mol. The Labute approximate surface area is 119 Å². The third-order valence-electron chi connectivity index (χ3n) is 2.43. The van der Waals surface area contributed by atoms with Gasteiger partial charge in [-0.2, -0.15) is 0 Å². The van der Waals surface area contributed by atoms with Gasteiger partial charge < -0.3 is 14.3 Å². The standard InChI is InChI=1S/C12H9Cl3O3/c1-17-10-5-7(13)6(4-8(10)14)12(16)9-2-3-11(15)18-9/h2-5,12,16H,1H3. The molecular formula is C12H9Cl3O3. The van der Waals surface area contributed by atoms with Crippen LogP contribution in [-0.4, -0.2) is 12.2 Å². The van der Waals surface area contributed by atoms with E-state index >= 15 is 0 Å². The van der Waals surface area contributed by atoms with Crippen molar-refractivity contribution in [2.45, 2.75) is 6.10 Å². The van der Waals surface area contributed by atoms with Crippen LogP contribution < -0.4 is 4.74 Å². The molecule has 1 aromatic carbocycles. The van der Waals surface area contributed by atoms with Gasteiger partial charge in [0.2, 0.25) is 0 Å². The molecule has 3 nitrogen and oxygen atoms in total. The lowest BCUT2D eigenvalue weighted by Crippen LogP contribution is -2.00. The molecule has 0 fully saturated rings. The first kappa shape index (κ1) is 13.6. The van der Waals surface area contributed by atoms with Crippen LogP contribution in [0.3, 0.4) is 0 Å². The van der Waals surface area contributed by atoms with Gasteiger partial charge in [0.05, 0.1) is 17.2 Å². The molecule has 18 heavy (non-hydrogen) atoms. The second-order valence-electron chi connectivity index (χ2n) is 3.55. The van der Waals surface area contributed by atoms with Crippen LogP contribution in [0.5, 0.6) is 5.75 Å². The van der Waals surface area contributed by atoms with Crippen molar-refractivity contribution in [3.8, 4) is 5.75 Å². The molecule has 0 amide bonds. The van der Waals surface area contributed by atoms with Crippen LogP contribution in [0.25, 0.3) is 0 Å². The maximum Gasteiger partial charge on any atom is 0.193 e. The van der Waals surface area contributed by atoms with Crippen LogP contribution in [0, 0.1) is 0 Å². The molecule has 0 saturated heterocycles. The number of methoxy groups -OCH3 is 1. The molecule has 0 aliphatic heterocycles. The second kappa shape index (κ2) is 5.41. The first-order valence-electron chi connectivity index (χ1n) is 4.99. The largest absolute Gasteiger partial charge is 0.495 e. The topological polar surface area (TPSA) is 42.6 Å². The number of halogens is 3. The monoisotopic (exact) mass is 306 g/mol. The van der Waals surface area contributed by atoms with Crippen molar-refractivity contribution >= 4 is 34.8 Å². The van der Waals surface area contributed by atoms with Crippen LogP contribution in [-0.2, 0) is 0 Å². The summed E-state index contributed by atoms with van der Waals surface area (Å²) in [5, 5.41) is 11.0. The van der Waals surface area contributed by atoms with E-state index in [1.807, 2.05) is 0 Å². The zero-order valence-electron chi connectivity index (χ0n) is 9.28. The van der Waals surface area contributed by atoms with Crippen LogP contribution in [0.15, 0.2) is 28.7 Å². The lowest BCUT2D eigenvalue weighted by atomic mass is 10.1. The Morgan fingerprint density at radius 1 is 1.17 bits per heavy atom. The van der Waals surface area contributed by atoms with E-state index in [-0.39, 0.29) is 5.22 Å². The summed E-state index contributed by atoms with van der Waals surface area (Å²) in [6.45, 7) is 0. The fraction of sp³-hybridized carbons (Fsp3) is 0.167. The average molecular weight is 308 g/mol. The number of ether oxygens (including phenoxy) is 1. The Bertz CT molecular complexity index is 566. The Morgan fingerprint density at radius 2 is 1.89 bits per heavy atom. The van der Waals surface area contributed by atoms with Gasteiger partial charge in [-0.15, -0.1) is 0 Å². The van der Waals surface area contributed by atoms with E-state index in [0.717, 1.165) is 0 Å². The van der Waals surface area contributed by atoms with Crippen LogP contribution in [0.2, 0.25) is 15.3 Å². The highest BCUT2D eigenvalue weighted by Gasteiger charge is 2.19. The summed E-state index contributed by atoms with van der Waals surface area (Å²) in [6.07, 6.45) is -1.03. The molecule has 96 valence electrons. The predicted octanol–water partition coefficient (Wildman–Crippen LogP) is 4.33. The fourth-order valence-corrected chi connectivity index (χ4v) is 2.20. The van der Waals surface area contributed by atoms with Gasteiger partial charge >= 0.3 is 0 Å². The average Bonchev–Trinajstić information content (AvgIpc) is 2.77. The van der Waals surface area contributed by atoms with Crippen molar-refractivity contribution in [3.63, 3.8) is 0 Å². The smallest absolute Gasteiger partial charge is 0.193 e. The SMILES string of the molecule is COc1cc(Cl)c(C(O)c2ccc(Cl)o2)cc1Cl. The number of aliphatic hydroxyl groups is 1. The van der Waals surface area contributed by atoms with Gasteiger partial charge in [0.25, 0.3) is 0 Å². The summed E-state index contributed by atoms with van der Waals surface area (Å²) in [5.74, 6) is 0.734. The van der Waals surface area contributed by atoms with Gasteiger partial charge in [-0.1, -0.05) is 23.2 Å². The number of benzene rings is 1. The molecule has 6 heteroatoms. The van der Waals surface area contributed by atoms with Crippen LogP contribution >= 0.6 is 34.8 Å². The minimum absolute atomic E-state index is 0.194. The van der Waals surface area contributed by atoms with Crippen molar-refractivity contribution in [2.24, 2.45) is 0 Å². The van der Waals surface area contributed by atoms with Crippen molar-refractivity contribution < 1.29 is 14.3 Å². The molecule has 0 aliphatic carbocycles. The molecular weight excluding hydrogens is 298 g/mol. The van der Waals surface area contributed by atoms with Crippen molar-refractivity contribution in [3.05, 3.63) is 50.9 Å². The number of rotatable bonds is 3. The third kappa shape index (κ3) is 2.59. The number of furan rings is 1. The van der Waals surface area contributed by atoms with E-state index < -0.39 is 6.10 Å². The molecule has 0 aliphatic rings. The Morgan fingerprint density at radius 3 is 2.44 bits per heavy atom. The van der Waals surface area contributed by atoms with Crippen LogP contribution in [0.1, 0.15) is 17.4 Å². The fourth-order valence-electron chi connectivity index (χ4n) is 1.54. The Balaban J connectivity index is 2.42.